The lowest BCUT2D eigenvalue weighted by Gasteiger charge is -2.08. The number of nitro groups is 1. The summed E-state index contributed by atoms with van der Waals surface area (Å²) >= 11 is 0. The standard InChI is InChI=1S/C16H15FN2O5S/c1-10-3-4-11(7-13(10)17)9-18-16(20)12-5-6-15(25(2,23)24)14(8-12)19(21)22/h3-8H,9H2,1-2H3,(H,18,20). The maximum atomic E-state index is 13.5. The van der Waals surface area contributed by atoms with E-state index in [1.165, 1.54) is 12.1 Å². The SMILES string of the molecule is Cc1ccc(CNC(=O)c2ccc(S(C)(=O)=O)c([N+](=O)[O-])c2)cc1F. The van der Waals surface area contributed by atoms with Gasteiger partial charge in [-0.25, -0.2) is 12.8 Å². The zero-order valence-electron chi connectivity index (χ0n) is 13.4. The summed E-state index contributed by atoms with van der Waals surface area (Å²) in [5.74, 6) is -1.04. The Morgan fingerprint density at radius 2 is 1.92 bits per heavy atom. The van der Waals surface area contributed by atoms with Crippen LogP contribution in [0.4, 0.5) is 10.1 Å². The van der Waals surface area contributed by atoms with Crippen molar-refractivity contribution in [2.45, 2.75) is 18.4 Å². The monoisotopic (exact) mass is 366 g/mol. The first-order valence-corrected chi connectivity index (χ1v) is 9.00. The van der Waals surface area contributed by atoms with Gasteiger partial charge in [-0.1, -0.05) is 12.1 Å². The number of amides is 1. The largest absolute Gasteiger partial charge is 0.348 e. The van der Waals surface area contributed by atoms with Crippen LogP contribution in [-0.4, -0.2) is 25.5 Å². The summed E-state index contributed by atoms with van der Waals surface area (Å²) < 4.78 is 36.6. The minimum atomic E-state index is -3.80. The molecular formula is C16H15FN2O5S. The Morgan fingerprint density at radius 3 is 2.48 bits per heavy atom. The average Bonchev–Trinajstić information content (AvgIpc) is 2.54. The Morgan fingerprint density at radius 1 is 1.24 bits per heavy atom. The maximum Gasteiger partial charge on any atom is 0.288 e. The molecule has 1 amide bonds. The molecule has 2 aromatic carbocycles. The van der Waals surface area contributed by atoms with Crippen molar-refractivity contribution in [2.24, 2.45) is 0 Å². The number of nitro benzene ring substituents is 1. The highest BCUT2D eigenvalue weighted by molar-refractivity contribution is 7.90. The van der Waals surface area contributed by atoms with E-state index in [0.717, 1.165) is 18.4 Å². The summed E-state index contributed by atoms with van der Waals surface area (Å²) in [7, 11) is -3.80. The molecule has 0 heterocycles. The van der Waals surface area contributed by atoms with E-state index in [9.17, 15) is 27.7 Å². The fourth-order valence-electron chi connectivity index (χ4n) is 2.15. The van der Waals surface area contributed by atoms with Gasteiger partial charge in [-0.3, -0.25) is 14.9 Å². The van der Waals surface area contributed by atoms with Crippen molar-refractivity contribution in [3.63, 3.8) is 0 Å². The van der Waals surface area contributed by atoms with E-state index >= 15 is 0 Å². The van der Waals surface area contributed by atoms with Crippen LogP contribution in [0.5, 0.6) is 0 Å². The van der Waals surface area contributed by atoms with E-state index in [2.05, 4.69) is 5.32 Å². The van der Waals surface area contributed by atoms with Crippen LogP contribution in [0, 0.1) is 22.9 Å². The first kappa shape index (κ1) is 18.5. The molecule has 0 aliphatic heterocycles. The van der Waals surface area contributed by atoms with Crippen LogP contribution in [-0.2, 0) is 16.4 Å². The highest BCUT2D eigenvalue weighted by Gasteiger charge is 2.23. The molecule has 0 bridgehead atoms. The Balaban J connectivity index is 2.23. The molecule has 9 heteroatoms. The van der Waals surface area contributed by atoms with E-state index in [1.807, 2.05) is 0 Å². The Kier molecular flexibility index (Phi) is 5.17. The molecule has 0 aliphatic rings. The summed E-state index contributed by atoms with van der Waals surface area (Å²) in [5.41, 5.74) is 0.268. The summed E-state index contributed by atoms with van der Waals surface area (Å²) in [4.78, 5) is 21.9. The van der Waals surface area contributed by atoms with Crippen LogP contribution in [0.25, 0.3) is 0 Å². The van der Waals surface area contributed by atoms with Crippen LogP contribution >= 0.6 is 0 Å². The van der Waals surface area contributed by atoms with Gasteiger partial charge in [0.25, 0.3) is 11.6 Å². The third kappa shape index (κ3) is 4.38. The number of carbonyl (C=O) groups is 1. The van der Waals surface area contributed by atoms with Crippen molar-refractivity contribution < 1.29 is 22.5 Å². The van der Waals surface area contributed by atoms with Crippen LogP contribution in [0.2, 0.25) is 0 Å². The van der Waals surface area contributed by atoms with E-state index in [0.29, 0.717) is 11.1 Å². The Labute approximate surface area is 143 Å². The molecule has 0 atom stereocenters. The van der Waals surface area contributed by atoms with Gasteiger partial charge in [0.2, 0.25) is 0 Å². The first-order chi connectivity index (χ1) is 11.6. The van der Waals surface area contributed by atoms with E-state index < -0.39 is 37.1 Å². The summed E-state index contributed by atoms with van der Waals surface area (Å²) in [6.45, 7) is 1.64. The summed E-state index contributed by atoms with van der Waals surface area (Å²) in [6.07, 6.45) is 0.848. The van der Waals surface area contributed by atoms with Gasteiger partial charge in [-0.05, 0) is 36.2 Å². The Hall–Kier alpha value is -2.81. The van der Waals surface area contributed by atoms with Gasteiger partial charge in [-0.15, -0.1) is 0 Å². The van der Waals surface area contributed by atoms with Crippen molar-refractivity contribution in [1.82, 2.24) is 5.32 Å². The molecule has 0 aliphatic carbocycles. The summed E-state index contributed by atoms with van der Waals surface area (Å²) in [6, 6.07) is 7.62. The van der Waals surface area contributed by atoms with Gasteiger partial charge in [0, 0.05) is 24.4 Å². The van der Waals surface area contributed by atoms with Gasteiger partial charge >= 0.3 is 0 Å². The molecule has 2 rings (SSSR count). The highest BCUT2D eigenvalue weighted by Crippen LogP contribution is 2.25. The van der Waals surface area contributed by atoms with Gasteiger partial charge in [0.05, 0.1) is 4.92 Å². The number of rotatable bonds is 5. The van der Waals surface area contributed by atoms with Crippen molar-refractivity contribution in [3.05, 3.63) is 69.0 Å². The van der Waals surface area contributed by atoms with Crippen molar-refractivity contribution in [1.29, 1.82) is 0 Å². The van der Waals surface area contributed by atoms with Crippen LogP contribution < -0.4 is 5.32 Å². The van der Waals surface area contributed by atoms with Gasteiger partial charge in [-0.2, -0.15) is 0 Å². The third-order valence-corrected chi connectivity index (χ3v) is 4.65. The molecule has 0 saturated heterocycles. The minimum Gasteiger partial charge on any atom is -0.348 e. The molecule has 2 aromatic rings. The fourth-order valence-corrected chi connectivity index (χ4v) is 2.97. The fraction of sp³-hybridized carbons (Fsp3) is 0.188. The lowest BCUT2D eigenvalue weighted by atomic mass is 10.1. The molecule has 0 aromatic heterocycles. The van der Waals surface area contributed by atoms with Crippen molar-refractivity contribution in [2.75, 3.05) is 6.26 Å². The minimum absolute atomic E-state index is 0.0255. The van der Waals surface area contributed by atoms with Gasteiger partial charge in [0.1, 0.15) is 10.7 Å². The number of aryl methyl sites for hydroxylation is 1. The predicted molar refractivity (Wildman–Crippen MR) is 88.5 cm³/mol. The number of sulfone groups is 1. The molecule has 7 nitrogen and oxygen atoms in total. The molecule has 0 fully saturated rings. The number of carbonyl (C=O) groups excluding carboxylic acids is 1. The Bertz CT molecular complexity index is 957. The zero-order chi connectivity index (χ0) is 18.8. The van der Waals surface area contributed by atoms with Crippen molar-refractivity contribution in [3.8, 4) is 0 Å². The number of halogens is 1. The second-order valence-electron chi connectivity index (χ2n) is 5.48. The molecule has 0 radical (unpaired) electrons. The lowest BCUT2D eigenvalue weighted by molar-refractivity contribution is -0.387. The smallest absolute Gasteiger partial charge is 0.288 e. The first-order valence-electron chi connectivity index (χ1n) is 7.11. The second kappa shape index (κ2) is 6.98. The molecule has 0 unspecified atom stereocenters. The van der Waals surface area contributed by atoms with Crippen LogP contribution in [0.3, 0.4) is 0 Å². The number of nitrogens with one attached hydrogen (secondary N) is 1. The van der Waals surface area contributed by atoms with E-state index in [4.69, 9.17) is 0 Å². The lowest BCUT2D eigenvalue weighted by Crippen LogP contribution is -2.23. The van der Waals surface area contributed by atoms with Crippen LogP contribution in [0.1, 0.15) is 21.5 Å². The number of nitrogens with zero attached hydrogens (tertiary/aromatic N) is 1. The second-order valence-corrected chi connectivity index (χ2v) is 7.46. The third-order valence-electron chi connectivity index (χ3n) is 3.51. The molecule has 0 spiro atoms. The molecule has 0 saturated carbocycles. The molecule has 1 N–H and O–H groups in total. The van der Waals surface area contributed by atoms with Gasteiger partial charge in [0.15, 0.2) is 9.84 Å². The topological polar surface area (TPSA) is 106 Å². The molecule has 132 valence electrons. The maximum absolute atomic E-state index is 13.5. The predicted octanol–water partition coefficient (Wildman–Crippen LogP) is 2.38. The van der Waals surface area contributed by atoms with E-state index in [-0.39, 0.29) is 12.1 Å². The summed E-state index contributed by atoms with van der Waals surface area (Å²) in [5, 5.41) is 13.6. The average molecular weight is 366 g/mol. The quantitative estimate of drug-likeness (QED) is 0.646. The van der Waals surface area contributed by atoms with Crippen molar-refractivity contribution >= 4 is 21.4 Å². The molecular weight excluding hydrogens is 351 g/mol. The normalized spacial score (nSPS) is 11.2. The number of benzene rings is 2. The molecule has 25 heavy (non-hydrogen) atoms. The zero-order valence-corrected chi connectivity index (χ0v) is 14.3. The van der Waals surface area contributed by atoms with Gasteiger partial charge < -0.3 is 5.32 Å². The number of hydrogen-bond acceptors (Lipinski definition) is 5. The van der Waals surface area contributed by atoms with Crippen LogP contribution in [0.15, 0.2) is 41.3 Å². The highest BCUT2D eigenvalue weighted by atomic mass is 32.2. The number of hydrogen-bond donors (Lipinski definition) is 1. The van der Waals surface area contributed by atoms with E-state index in [1.54, 1.807) is 19.1 Å².